The van der Waals surface area contributed by atoms with E-state index in [0.29, 0.717) is 6.20 Å². The Morgan fingerprint density at radius 1 is 1.44 bits per heavy atom. The topological polar surface area (TPSA) is 56.0 Å². The predicted octanol–water partition coefficient (Wildman–Crippen LogP) is 2.88. The lowest BCUT2D eigenvalue weighted by atomic mass is 10.0. The first-order valence-corrected chi connectivity index (χ1v) is 4.85. The highest BCUT2D eigenvalue weighted by Gasteiger charge is 2.41. The largest absolute Gasteiger partial charge is 0.417 e. The highest BCUT2D eigenvalue weighted by atomic mass is 35.5. The van der Waals surface area contributed by atoms with Gasteiger partial charge < -0.3 is 5.73 Å². The van der Waals surface area contributed by atoms with Gasteiger partial charge in [0, 0.05) is 12.7 Å². The van der Waals surface area contributed by atoms with E-state index in [1.54, 1.807) is 0 Å². The van der Waals surface area contributed by atoms with Crippen LogP contribution in [0.1, 0.15) is 33.6 Å². The number of carbonyl (C=O) groups excluding carboxylic acids is 1. The molecular weight excluding hydrogens is 283 g/mol. The maximum Gasteiger partial charge on any atom is 0.417 e. The van der Waals surface area contributed by atoms with E-state index in [2.05, 4.69) is 4.98 Å². The quantitative estimate of drug-likeness (QED) is 0.687. The van der Waals surface area contributed by atoms with Gasteiger partial charge in [-0.3, -0.25) is 9.78 Å². The Hall–Kier alpha value is -1.28. The fraction of sp³-hybridized carbons (Fsp3) is 0.333. The number of halogens is 6. The van der Waals surface area contributed by atoms with Gasteiger partial charge in [0.05, 0.1) is 22.4 Å². The molecule has 2 N–H and O–H groups in total. The molecule has 0 amide bonds. The van der Waals surface area contributed by atoms with Crippen molar-refractivity contribution < 1.29 is 26.7 Å². The van der Waals surface area contributed by atoms with E-state index < -0.39 is 46.8 Å². The summed E-state index contributed by atoms with van der Waals surface area (Å²) in [7, 11) is 0. The fourth-order valence-electron chi connectivity index (χ4n) is 1.42. The number of alkyl halides is 5. The standard InChI is InChI=1S/C9H6ClF5N2O/c10-7(18)3-2-17-4(1-16)5(8(11)12)6(3)9(13,14)15/h2,8H,1,16H2. The molecule has 0 radical (unpaired) electrons. The predicted molar refractivity (Wildman–Crippen MR) is 52.3 cm³/mol. The number of rotatable bonds is 3. The van der Waals surface area contributed by atoms with Gasteiger partial charge in [-0.05, 0) is 11.6 Å². The van der Waals surface area contributed by atoms with E-state index >= 15 is 0 Å². The van der Waals surface area contributed by atoms with Gasteiger partial charge in [-0.15, -0.1) is 0 Å². The lowest BCUT2D eigenvalue weighted by Gasteiger charge is -2.17. The summed E-state index contributed by atoms with van der Waals surface area (Å²) in [4.78, 5) is 14.1. The number of nitrogens with zero attached hydrogens (tertiary/aromatic N) is 1. The van der Waals surface area contributed by atoms with Crippen LogP contribution in [0.25, 0.3) is 0 Å². The van der Waals surface area contributed by atoms with Crippen molar-refractivity contribution in [2.75, 3.05) is 0 Å². The molecule has 0 atom stereocenters. The SMILES string of the molecule is NCc1ncc(C(=O)Cl)c(C(F)(F)F)c1C(F)F. The summed E-state index contributed by atoms with van der Waals surface area (Å²) in [5.74, 6) is 0. The van der Waals surface area contributed by atoms with Gasteiger partial charge in [0.25, 0.3) is 11.7 Å². The third-order valence-corrected chi connectivity index (χ3v) is 2.31. The summed E-state index contributed by atoms with van der Waals surface area (Å²) >= 11 is 4.93. The van der Waals surface area contributed by atoms with Crippen LogP contribution in [0.4, 0.5) is 22.0 Å². The molecule has 1 aromatic heterocycles. The molecule has 0 saturated heterocycles. The average molecular weight is 289 g/mol. The summed E-state index contributed by atoms with van der Waals surface area (Å²) < 4.78 is 63.6. The Labute approximate surface area is 103 Å². The summed E-state index contributed by atoms with van der Waals surface area (Å²) in [6.07, 6.45) is -8.13. The second kappa shape index (κ2) is 5.15. The molecule has 100 valence electrons. The van der Waals surface area contributed by atoms with E-state index in [-0.39, 0.29) is 0 Å². The second-order valence-corrected chi connectivity index (χ2v) is 3.53. The van der Waals surface area contributed by atoms with Crippen molar-refractivity contribution in [3.05, 3.63) is 28.6 Å². The first-order chi connectivity index (χ1) is 8.20. The lowest BCUT2D eigenvalue weighted by Crippen LogP contribution is -2.19. The Balaban J connectivity index is 3.71. The van der Waals surface area contributed by atoms with Gasteiger partial charge in [0.15, 0.2) is 0 Å². The molecule has 18 heavy (non-hydrogen) atoms. The second-order valence-electron chi connectivity index (χ2n) is 3.18. The summed E-state index contributed by atoms with van der Waals surface area (Å²) in [6.45, 7) is -0.612. The van der Waals surface area contributed by atoms with Gasteiger partial charge in [-0.2, -0.15) is 13.2 Å². The van der Waals surface area contributed by atoms with Crippen LogP contribution in [0, 0.1) is 0 Å². The number of aromatic nitrogens is 1. The normalized spacial score (nSPS) is 12.0. The zero-order valence-electron chi connectivity index (χ0n) is 8.56. The summed E-state index contributed by atoms with van der Waals surface area (Å²) in [5, 5.41) is -1.51. The Morgan fingerprint density at radius 2 is 2.00 bits per heavy atom. The third kappa shape index (κ3) is 2.75. The molecule has 3 nitrogen and oxygen atoms in total. The molecule has 0 aliphatic heterocycles. The van der Waals surface area contributed by atoms with E-state index in [9.17, 15) is 26.7 Å². The molecule has 0 aliphatic carbocycles. The molecule has 0 aromatic carbocycles. The van der Waals surface area contributed by atoms with Gasteiger partial charge in [0.2, 0.25) is 0 Å². The van der Waals surface area contributed by atoms with Gasteiger partial charge in [0.1, 0.15) is 0 Å². The monoisotopic (exact) mass is 288 g/mol. The molecule has 0 aliphatic rings. The van der Waals surface area contributed by atoms with Crippen molar-refractivity contribution in [2.24, 2.45) is 5.73 Å². The number of nitrogens with two attached hydrogens (primary N) is 1. The van der Waals surface area contributed by atoms with Crippen LogP contribution in [-0.4, -0.2) is 10.2 Å². The van der Waals surface area contributed by atoms with Crippen LogP contribution in [0.2, 0.25) is 0 Å². The van der Waals surface area contributed by atoms with Crippen molar-refractivity contribution in [3.63, 3.8) is 0 Å². The van der Waals surface area contributed by atoms with Crippen molar-refractivity contribution in [3.8, 4) is 0 Å². The Bertz CT molecular complexity index is 475. The lowest BCUT2D eigenvalue weighted by molar-refractivity contribution is -0.140. The number of carbonyl (C=O) groups is 1. The molecule has 0 saturated carbocycles. The highest BCUT2D eigenvalue weighted by Crippen LogP contribution is 2.40. The minimum Gasteiger partial charge on any atom is -0.325 e. The smallest absolute Gasteiger partial charge is 0.325 e. The van der Waals surface area contributed by atoms with Crippen LogP contribution in [0.5, 0.6) is 0 Å². The van der Waals surface area contributed by atoms with Crippen LogP contribution >= 0.6 is 11.6 Å². The first kappa shape index (κ1) is 14.8. The molecule has 1 aromatic rings. The molecule has 1 rings (SSSR count). The fourth-order valence-corrected chi connectivity index (χ4v) is 1.56. The number of pyridine rings is 1. The van der Waals surface area contributed by atoms with Crippen molar-refractivity contribution >= 4 is 16.8 Å². The number of hydrogen-bond acceptors (Lipinski definition) is 3. The molecular formula is C9H6ClF5N2O. The van der Waals surface area contributed by atoms with Crippen molar-refractivity contribution in [1.82, 2.24) is 4.98 Å². The highest BCUT2D eigenvalue weighted by molar-refractivity contribution is 6.67. The van der Waals surface area contributed by atoms with Crippen molar-refractivity contribution in [2.45, 2.75) is 19.1 Å². The maximum atomic E-state index is 12.7. The van der Waals surface area contributed by atoms with E-state index in [4.69, 9.17) is 17.3 Å². The molecule has 1 heterocycles. The first-order valence-electron chi connectivity index (χ1n) is 4.47. The Kier molecular flexibility index (Phi) is 4.23. The summed E-state index contributed by atoms with van der Waals surface area (Å²) in [6, 6.07) is 0. The Morgan fingerprint density at radius 3 is 2.33 bits per heavy atom. The van der Waals surface area contributed by atoms with Gasteiger partial charge >= 0.3 is 6.18 Å². The van der Waals surface area contributed by atoms with Crippen LogP contribution in [-0.2, 0) is 12.7 Å². The summed E-state index contributed by atoms with van der Waals surface area (Å²) in [5.41, 5.74) is 0.115. The molecule has 9 heteroatoms. The van der Waals surface area contributed by atoms with E-state index in [0.717, 1.165) is 0 Å². The maximum absolute atomic E-state index is 12.7. The van der Waals surface area contributed by atoms with Gasteiger partial charge in [-0.1, -0.05) is 0 Å². The van der Waals surface area contributed by atoms with Crippen LogP contribution < -0.4 is 5.73 Å². The third-order valence-electron chi connectivity index (χ3n) is 2.11. The molecule has 0 unspecified atom stereocenters. The number of hydrogen-bond donors (Lipinski definition) is 1. The molecule has 0 spiro atoms. The zero-order chi connectivity index (χ0) is 14.1. The van der Waals surface area contributed by atoms with Crippen LogP contribution in [0.15, 0.2) is 6.20 Å². The minimum absolute atomic E-state index is 0.492. The van der Waals surface area contributed by atoms with E-state index in [1.165, 1.54) is 0 Å². The zero-order valence-corrected chi connectivity index (χ0v) is 9.32. The average Bonchev–Trinajstić information content (AvgIpc) is 2.25. The molecule has 0 fully saturated rings. The minimum atomic E-state index is -5.15. The van der Waals surface area contributed by atoms with E-state index in [1.807, 2.05) is 0 Å². The molecule has 0 bridgehead atoms. The van der Waals surface area contributed by atoms with Crippen molar-refractivity contribution in [1.29, 1.82) is 0 Å². The van der Waals surface area contributed by atoms with Gasteiger partial charge in [-0.25, -0.2) is 8.78 Å². The van der Waals surface area contributed by atoms with Crippen LogP contribution in [0.3, 0.4) is 0 Å².